The van der Waals surface area contributed by atoms with Gasteiger partial charge in [-0.2, -0.15) is 0 Å². The van der Waals surface area contributed by atoms with Gasteiger partial charge in [-0.3, -0.25) is 13.9 Å². The largest absolute Gasteiger partial charge is 0.329 e. The average Bonchev–Trinajstić information content (AvgIpc) is 2.65. The lowest BCUT2D eigenvalue weighted by Crippen LogP contribution is -2.28. The van der Waals surface area contributed by atoms with E-state index < -0.39 is 0 Å². The van der Waals surface area contributed by atoms with E-state index in [1.807, 2.05) is 45.0 Å². The van der Waals surface area contributed by atoms with Crippen LogP contribution in [0.15, 0.2) is 29.1 Å². The molecule has 0 N–H and O–H groups in total. The molecule has 102 valence electrons. The topological polar surface area (TPSA) is 44.0 Å². The van der Waals surface area contributed by atoms with E-state index in [-0.39, 0.29) is 23.9 Å². The maximum Gasteiger partial charge on any atom is 0.329 e. The van der Waals surface area contributed by atoms with E-state index in [1.165, 1.54) is 0 Å². The molecule has 0 fully saturated rings. The van der Waals surface area contributed by atoms with Crippen LogP contribution in [0.25, 0.3) is 11.0 Å². The molecule has 2 aromatic rings. The van der Waals surface area contributed by atoms with E-state index in [9.17, 15) is 9.59 Å². The van der Waals surface area contributed by atoms with E-state index in [4.69, 9.17) is 0 Å². The molecule has 4 nitrogen and oxygen atoms in total. The first-order valence-electron chi connectivity index (χ1n) is 6.77. The maximum absolute atomic E-state index is 12.4. The Morgan fingerprint density at radius 2 is 1.74 bits per heavy atom. The van der Waals surface area contributed by atoms with Crippen LogP contribution in [0, 0.1) is 5.92 Å². The lowest BCUT2D eigenvalue weighted by Gasteiger charge is -2.05. The summed E-state index contributed by atoms with van der Waals surface area (Å²) in [7, 11) is 0. The molecule has 4 heteroatoms. The van der Waals surface area contributed by atoms with Gasteiger partial charge in [0, 0.05) is 12.5 Å². The Balaban J connectivity index is 2.57. The molecular formula is C15H20N2O2. The number of carbonyl (C=O) groups excluding carboxylic acids is 1. The molecule has 0 aliphatic rings. The molecule has 0 aliphatic heterocycles. The van der Waals surface area contributed by atoms with Gasteiger partial charge in [0.2, 0.25) is 0 Å². The van der Waals surface area contributed by atoms with Crippen molar-refractivity contribution in [2.75, 3.05) is 0 Å². The van der Waals surface area contributed by atoms with Gasteiger partial charge in [0.25, 0.3) is 0 Å². The van der Waals surface area contributed by atoms with Gasteiger partial charge in [-0.05, 0) is 18.6 Å². The predicted octanol–water partition coefficient (Wildman–Crippen LogP) is 2.44. The number of hydrogen-bond acceptors (Lipinski definition) is 2. The van der Waals surface area contributed by atoms with Crippen molar-refractivity contribution in [1.29, 1.82) is 0 Å². The third-order valence-electron chi connectivity index (χ3n) is 3.33. The van der Waals surface area contributed by atoms with Crippen LogP contribution in [0.1, 0.15) is 27.2 Å². The van der Waals surface area contributed by atoms with Gasteiger partial charge in [-0.25, -0.2) is 4.79 Å². The number of hydrogen-bond donors (Lipinski definition) is 0. The number of benzene rings is 1. The summed E-state index contributed by atoms with van der Waals surface area (Å²) in [6, 6.07) is 7.65. The highest BCUT2D eigenvalue weighted by Gasteiger charge is 2.16. The molecule has 2 rings (SSSR count). The number of para-hydroxylation sites is 2. The molecule has 0 unspecified atom stereocenters. The minimum atomic E-state index is -0.0861. The highest BCUT2D eigenvalue weighted by molar-refractivity contribution is 5.83. The Kier molecular flexibility index (Phi) is 3.88. The molecular weight excluding hydrogens is 240 g/mol. The summed E-state index contributed by atoms with van der Waals surface area (Å²) < 4.78 is 3.34. The van der Waals surface area contributed by atoms with E-state index in [1.54, 1.807) is 9.13 Å². The summed E-state index contributed by atoms with van der Waals surface area (Å²) in [6.45, 7) is 6.60. The second kappa shape index (κ2) is 5.43. The average molecular weight is 260 g/mol. The molecule has 1 aromatic heterocycles. The van der Waals surface area contributed by atoms with Gasteiger partial charge in [-0.1, -0.05) is 32.9 Å². The maximum atomic E-state index is 12.4. The minimum absolute atomic E-state index is 0.0554. The smallest absolute Gasteiger partial charge is 0.297 e. The molecule has 0 amide bonds. The SMILES string of the molecule is CCCn1c(=O)n(CC(=O)C(C)C)c2ccccc21. The van der Waals surface area contributed by atoms with Crippen LogP contribution in [0.4, 0.5) is 0 Å². The second-order valence-corrected chi connectivity index (χ2v) is 5.13. The monoisotopic (exact) mass is 260 g/mol. The van der Waals surface area contributed by atoms with E-state index in [0.29, 0.717) is 6.54 Å². The van der Waals surface area contributed by atoms with Crippen molar-refractivity contribution in [3.63, 3.8) is 0 Å². The van der Waals surface area contributed by atoms with Crippen molar-refractivity contribution in [3.8, 4) is 0 Å². The van der Waals surface area contributed by atoms with Crippen molar-refractivity contribution < 1.29 is 4.79 Å². The zero-order valence-electron chi connectivity index (χ0n) is 11.7. The number of imidazole rings is 1. The Hall–Kier alpha value is -1.84. The fourth-order valence-electron chi connectivity index (χ4n) is 2.20. The summed E-state index contributed by atoms with van der Waals surface area (Å²) in [5, 5.41) is 0. The van der Waals surface area contributed by atoms with Crippen molar-refractivity contribution >= 4 is 16.8 Å². The highest BCUT2D eigenvalue weighted by atomic mass is 16.2. The number of fused-ring (bicyclic) bond motifs is 1. The number of aromatic nitrogens is 2. The quantitative estimate of drug-likeness (QED) is 0.828. The lowest BCUT2D eigenvalue weighted by molar-refractivity contribution is -0.122. The third-order valence-corrected chi connectivity index (χ3v) is 3.33. The van der Waals surface area contributed by atoms with Crippen LogP contribution in [0.5, 0.6) is 0 Å². The fraction of sp³-hybridized carbons (Fsp3) is 0.467. The normalized spacial score (nSPS) is 11.4. The van der Waals surface area contributed by atoms with Crippen molar-refractivity contribution in [2.45, 2.75) is 40.3 Å². The summed E-state index contributed by atoms with van der Waals surface area (Å²) in [6.07, 6.45) is 0.895. The van der Waals surface area contributed by atoms with Gasteiger partial charge in [0.05, 0.1) is 17.6 Å². The van der Waals surface area contributed by atoms with Crippen LogP contribution in [-0.4, -0.2) is 14.9 Å². The first kappa shape index (κ1) is 13.6. The second-order valence-electron chi connectivity index (χ2n) is 5.13. The zero-order valence-corrected chi connectivity index (χ0v) is 11.7. The Morgan fingerprint density at radius 3 is 2.26 bits per heavy atom. The standard InChI is InChI=1S/C15H20N2O2/c1-4-9-16-12-7-5-6-8-13(12)17(15(16)19)10-14(18)11(2)3/h5-8,11H,4,9-10H2,1-3H3. The molecule has 1 heterocycles. The van der Waals surface area contributed by atoms with Crippen LogP contribution in [0.3, 0.4) is 0 Å². The van der Waals surface area contributed by atoms with E-state index in [0.717, 1.165) is 17.5 Å². The first-order valence-corrected chi connectivity index (χ1v) is 6.77. The number of rotatable bonds is 5. The van der Waals surface area contributed by atoms with Gasteiger partial charge in [-0.15, -0.1) is 0 Å². The number of carbonyl (C=O) groups is 1. The van der Waals surface area contributed by atoms with E-state index >= 15 is 0 Å². The van der Waals surface area contributed by atoms with Crippen molar-refractivity contribution in [1.82, 2.24) is 9.13 Å². The summed E-state index contributed by atoms with van der Waals surface area (Å²) >= 11 is 0. The van der Waals surface area contributed by atoms with Crippen LogP contribution in [-0.2, 0) is 17.9 Å². The number of aryl methyl sites for hydroxylation is 1. The molecule has 0 aliphatic carbocycles. The Bertz CT molecular complexity index is 650. The molecule has 19 heavy (non-hydrogen) atoms. The van der Waals surface area contributed by atoms with Crippen LogP contribution >= 0.6 is 0 Å². The van der Waals surface area contributed by atoms with Gasteiger partial charge >= 0.3 is 5.69 Å². The van der Waals surface area contributed by atoms with E-state index in [2.05, 4.69) is 0 Å². The fourth-order valence-corrected chi connectivity index (χ4v) is 2.20. The van der Waals surface area contributed by atoms with Crippen LogP contribution in [0.2, 0.25) is 0 Å². The third kappa shape index (κ3) is 2.48. The lowest BCUT2D eigenvalue weighted by atomic mass is 10.1. The summed E-state index contributed by atoms with van der Waals surface area (Å²) in [5.74, 6) is 0.0293. The predicted molar refractivity (Wildman–Crippen MR) is 76.3 cm³/mol. The summed E-state index contributed by atoms with van der Waals surface area (Å²) in [5.41, 5.74) is 1.66. The molecule has 0 spiro atoms. The number of ketones is 1. The molecule has 0 radical (unpaired) electrons. The number of nitrogens with zero attached hydrogens (tertiary/aromatic N) is 2. The first-order chi connectivity index (χ1) is 9.06. The minimum Gasteiger partial charge on any atom is -0.297 e. The van der Waals surface area contributed by atoms with Gasteiger partial charge in [0.1, 0.15) is 0 Å². The zero-order chi connectivity index (χ0) is 14.0. The number of Topliss-reactive ketones (excluding diaryl/α,β-unsaturated/α-hetero) is 1. The molecule has 0 bridgehead atoms. The summed E-state index contributed by atoms with van der Waals surface area (Å²) in [4.78, 5) is 24.3. The van der Waals surface area contributed by atoms with Crippen molar-refractivity contribution in [3.05, 3.63) is 34.7 Å². The highest BCUT2D eigenvalue weighted by Crippen LogP contribution is 2.13. The van der Waals surface area contributed by atoms with Gasteiger partial charge in [0.15, 0.2) is 5.78 Å². The van der Waals surface area contributed by atoms with Crippen molar-refractivity contribution in [2.24, 2.45) is 5.92 Å². The van der Waals surface area contributed by atoms with Gasteiger partial charge < -0.3 is 0 Å². The molecule has 0 saturated carbocycles. The molecule has 1 aromatic carbocycles. The molecule has 0 saturated heterocycles. The molecule has 0 atom stereocenters. The van der Waals surface area contributed by atoms with Crippen LogP contribution < -0.4 is 5.69 Å². The Morgan fingerprint density at radius 1 is 1.16 bits per heavy atom. The Labute approximate surface area is 112 Å².